The summed E-state index contributed by atoms with van der Waals surface area (Å²) in [6, 6.07) is 14.6. The monoisotopic (exact) mass is 378 g/mol. The van der Waals surface area contributed by atoms with E-state index in [0.29, 0.717) is 20.9 Å². The molecule has 4 nitrogen and oxygen atoms in total. The Morgan fingerprint density at radius 2 is 1.96 bits per heavy atom. The van der Waals surface area contributed by atoms with E-state index in [1.807, 2.05) is 35.7 Å². The molecule has 0 atom stereocenters. The second-order valence-electron chi connectivity index (χ2n) is 4.82. The van der Waals surface area contributed by atoms with Gasteiger partial charge in [-0.2, -0.15) is 0 Å². The van der Waals surface area contributed by atoms with E-state index in [4.69, 9.17) is 27.9 Å². The van der Waals surface area contributed by atoms with Gasteiger partial charge >= 0.3 is 0 Å². The molecule has 0 bridgehead atoms. The average molecular weight is 379 g/mol. The van der Waals surface area contributed by atoms with Crippen molar-refractivity contribution in [2.75, 3.05) is 11.9 Å². The van der Waals surface area contributed by atoms with Crippen LogP contribution < -0.4 is 10.1 Å². The van der Waals surface area contributed by atoms with Gasteiger partial charge in [-0.3, -0.25) is 10.1 Å². The van der Waals surface area contributed by atoms with Crippen LogP contribution in [0.25, 0.3) is 11.3 Å². The number of nitrogens with one attached hydrogen (secondary N) is 1. The minimum atomic E-state index is -0.319. The molecule has 0 aliphatic carbocycles. The largest absolute Gasteiger partial charge is 0.482 e. The van der Waals surface area contributed by atoms with Gasteiger partial charge in [0.25, 0.3) is 5.91 Å². The van der Waals surface area contributed by atoms with E-state index in [1.54, 1.807) is 18.2 Å². The normalized spacial score (nSPS) is 10.4. The van der Waals surface area contributed by atoms with Crippen LogP contribution in [0.5, 0.6) is 5.75 Å². The first-order valence-corrected chi connectivity index (χ1v) is 8.64. The SMILES string of the molecule is O=C(COc1cc(Cl)ccc1Cl)Nc1nc(-c2ccccc2)cs1. The van der Waals surface area contributed by atoms with Crippen LogP contribution in [0.1, 0.15) is 0 Å². The summed E-state index contributed by atoms with van der Waals surface area (Å²) in [5.41, 5.74) is 1.81. The van der Waals surface area contributed by atoms with Crippen LogP contribution in [0.15, 0.2) is 53.9 Å². The van der Waals surface area contributed by atoms with Gasteiger partial charge in [0, 0.05) is 22.0 Å². The fourth-order valence-electron chi connectivity index (χ4n) is 1.96. The number of amides is 1. The third-order valence-corrected chi connectivity index (χ3v) is 4.38. The van der Waals surface area contributed by atoms with Crippen LogP contribution in [-0.4, -0.2) is 17.5 Å². The standard InChI is InChI=1S/C17H12Cl2N2O2S/c18-12-6-7-13(19)15(8-12)23-9-16(22)21-17-20-14(10-24-17)11-4-2-1-3-5-11/h1-8,10H,9H2,(H,20,21,22). The number of aromatic nitrogens is 1. The Kier molecular flexibility index (Phi) is 5.35. The number of hydrogen-bond donors (Lipinski definition) is 1. The molecule has 1 heterocycles. The van der Waals surface area contributed by atoms with E-state index in [2.05, 4.69) is 10.3 Å². The number of thiazole rings is 1. The van der Waals surface area contributed by atoms with E-state index in [-0.39, 0.29) is 12.5 Å². The molecule has 0 aliphatic heterocycles. The number of benzene rings is 2. The number of ether oxygens (including phenoxy) is 1. The van der Waals surface area contributed by atoms with Gasteiger partial charge in [0.2, 0.25) is 0 Å². The number of halogens is 2. The first kappa shape index (κ1) is 16.8. The molecular weight excluding hydrogens is 367 g/mol. The van der Waals surface area contributed by atoms with Gasteiger partial charge < -0.3 is 4.74 Å². The maximum absolute atomic E-state index is 12.0. The summed E-state index contributed by atoms with van der Waals surface area (Å²) in [6.07, 6.45) is 0. The van der Waals surface area contributed by atoms with Crippen molar-refractivity contribution in [3.63, 3.8) is 0 Å². The first-order chi connectivity index (χ1) is 11.6. The summed E-state index contributed by atoms with van der Waals surface area (Å²) in [5, 5.41) is 5.99. The van der Waals surface area contributed by atoms with Gasteiger partial charge in [0.15, 0.2) is 11.7 Å². The smallest absolute Gasteiger partial charge is 0.264 e. The predicted octanol–water partition coefficient (Wildman–Crippen LogP) is 5.13. The molecule has 0 radical (unpaired) electrons. The van der Waals surface area contributed by atoms with Gasteiger partial charge in [0.05, 0.1) is 10.7 Å². The highest BCUT2D eigenvalue weighted by molar-refractivity contribution is 7.14. The third-order valence-electron chi connectivity index (χ3n) is 3.07. The lowest BCUT2D eigenvalue weighted by atomic mass is 10.2. The third kappa shape index (κ3) is 4.26. The zero-order chi connectivity index (χ0) is 16.9. The van der Waals surface area contributed by atoms with Crippen molar-refractivity contribution in [2.24, 2.45) is 0 Å². The average Bonchev–Trinajstić information content (AvgIpc) is 3.05. The van der Waals surface area contributed by atoms with Gasteiger partial charge in [-0.05, 0) is 12.1 Å². The second kappa shape index (κ2) is 7.66. The summed E-state index contributed by atoms with van der Waals surface area (Å²) in [4.78, 5) is 16.4. The Balaban J connectivity index is 1.59. The molecule has 0 saturated heterocycles. The highest BCUT2D eigenvalue weighted by Gasteiger charge is 2.10. The molecule has 0 spiro atoms. The molecule has 0 unspecified atom stereocenters. The Bertz CT molecular complexity index is 853. The molecule has 3 aromatic rings. The number of rotatable bonds is 5. The van der Waals surface area contributed by atoms with Crippen molar-refractivity contribution < 1.29 is 9.53 Å². The first-order valence-electron chi connectivity index (χ1n) is 7.00. The molecule has 1 amide bonds. The summed E-state index contributed by atoms with van der Waals surface area (Å²) < 4.78 is 5.39. The highest BCUT2D eigenvalue weighted by Crippen LogP contribution is 2.28. The number of hydrogen-bond acceptors (Lipinski definition) is 4. The minimum absolute atomic E-state index is 0.180. The van der Waals surface area contributed by atoms with Crippen molar-refractivity contribution in [2.45, 2.75) is 0 Å². The molecule has 0 saturated carbocycles. The molecule has 1 aromatic heterocycles. The van der Waals surface area contributed by atoms with Crippen LogP contribution in [-0.2, 0) is 4.79 Å². The summed E-state index contributed by atoms with van der Waals surface area (Å²) in [7, 11) is 0. The molecule has 1 N–H and O–H groups in total. The Hall–Kier alpha value is -2.08. The second-order valence-corrected chi connectivity index (χ2v) is 6.52. The molecule has 0 aliphatic rings. The zero-order valence-electron chi connectivity index (χ0n) is 12.3. The maximum Gasteiger partial charge on any atom is 0.264 e. The molecular formula is C17H12Cl2N2O2S. The molecule has 0 fully saturated rings. The van der Waals surface area contributed by atoms with Gasteiger partial charge in [-0.1, -0.05) is 53.5 Å². The summed E-state index contributed by atoms with van der Waals surface area (Å²) >= 11 is 13.2. The Morgan fingerprint density at radius 1 is 1.17 bits per heavy atom. The molecule has 122 valence electrons. The Morgan fingerprint density at radius 3 is 2.75 bits per heavy atom. The van der Waals surface area contributed by atoms with E-state index in [9.17, 15) is 4.79 Å². The topological polar surface area (TPSA) is 51.2 Å². The quantitative estimate of drug-likeness (QED) is 0.668. The number of anilines is 1. The Labute approximate surface area is 153 Å². The molecule has 2 aromatic carbocycles. The lowest BCUT2D eigenvalue weighted by molar-refractivity contribution is -0.118. The summed E-state index contributed by atoms with van der Waals surface area (Å²) in [5.74, 6) is 0.0448. The van der Waals surface area contributed by atoms with Gasteiger partial charge in [-0.15, -0.1) is 11.3 Å². The van der Waals surface area contributed by atoms with Crippen molar-refractivity contribution in [1.29, 1.82) is 0 Å². The fourth-order valence-corrected chi connectivity index (χ4v) is 3.03. The van der Waals surface area contributed by atoms with Crippen LogP contribution in [0, 0.1) is 0 Å². The number of carbonyl (C=O) groups is 1. The van der Waals surface area contributed by atoms with Crippen molar-refractivity contribution in [3.8, 4) is 17.0 Å². The fraction of sp³-hybridized carbons (Fsp3) is 0.0588. The van der Waals surface area contributed by atoms with E-state index < -0.39 is 0 Å². The van der Waals surface area contributed by atoms with Crippen LogP contribution >= 0.6 is 34.5 Å². The number of carbonyl (C=O) groups excluding carboxylic acids is 1. The number of nitrogens with zero attached hydrogens (tertiary/aromatic N) is 1. The van der Waals surface area contributed by atoms with Gasteiger partial charge in [-0.25, -0.2) is 4.98 Å². The molecule has 24 heavy (non-hydrogen) atoms. The molecule has 7 heteroatoms. The lowest BCUT2D eigenvalue weighted by Gasteiger charge is -2.07. The van der Waals surface area contributed by atoms with Crippen molar-refractivity contribution >= 4 is 45.6 Å². The van der Waals surface area contributed by atoms with Crippen LogP contribution in [0.3, 0.4) is 0 Å². The van der Waals surface area contributed by atoms with E-state index >= 15 is 0 Å². The highest BCUT2D eigenvalue weighted by atomic mass is 35.5. The zero-order valence-corrected chi connectivity index (χ0v) is 14.7. The van der Waals surface area contributed by atoms with Gasteiger partial charge in [0.1, 0.15) is 5.75 Å². The lowest BCUT2D eigenvalue weighted by Crippen LogP contribution is -2.20. The van der Waals surface area contributed by atoms with Crippen molar-refractivity contribution in [1.82, 2.24) is 4.98 Å². The molecule has 3 rings (SSSR count). The van der Waals surface area contributed by atoms with Crippen molar-refractivity contribution in [3.05, 3.63) is 64.0 Å². The predicted molar refractivity (Wildman–Crippen MR) is 98.1 cm³/mol. The van der Waals surface area contributed by atoms with E-state index in [0.717, 1.165) is 11.3 Å². The summed E-state index contributed by atoms with van der Waals surface area (Å²) in [6.45, 7) is -0.180. The maximum atomic E-state index is 12.0. The minimum Gasteiger partial charge on any atom is -0.482 e. The van der Waals surface area contributed by atoms with E-state index in [1.165, 1.54) is 11.3 Å². The van der Waals surface area contributed by atoms with Crippen LogP contribution in [0.2, 0.25) is 10.0 Å². The van der Waals surface area contributed by atoms with Crippen LogP contribution in [0.4, 0.5) is 5.13 Å².